The lowest BCUT2D eigenvalue weighted by Gasteiger charge is -2.37. The number of rotatable bonds is 5. The highest BCUT2D eigenvalue weighted by Crippen LogP contribution is 2.41. The zero-order valence-corrected chi connectivity index (χ0v) is 14.6. The van der Waals surface area contributed by atoms with Gasteiger partial charge in [0.2, 0.25) is 0 Å². The second kappa shape index (κ2) is 7.22. The van der Waals surface area contributed by atoms with Crippen LogP contribution >= 0.6 is 0 Å². The van der Waals surface area contributed by atoms with Gasteiger partial charge >= 0.3 is 5.97 Å². The summed E-state index contributed by atoms with van der Waals surface area (Å²) in [5, 5.41) is 10.00. The maximum absolute atomic E-state index is 12.7. The molecule has 130 valence electrons. The summed E-state index contributed by atoms with van der Waals surface area (Å²) in [6.45, 7) is 1.82. The van der Waals surface area contributed by atoms with Crippen LogP contribution in [0.2, 0.25) is 0 Å². The summed E-state index contributed by atoms with van der Waals surface area (Å²) >= 11 is 0. The second-order valence-electron chi connectivity index (χ2n) is 7.12. The fraction of sp³-hybridized carbons (Fsp3) is 0.364. The van der Waals surface area contributed by atoms with Gasteiger partial charge in [-0.3, -0.25) is 9.59 Å². The van der Waals surface area contributed by atoms with Crippen molar-refractivity contribution in [3.05, 3.63) is 71.3 Å². The first-order valence-electron chi connectivity index (χ1n) is 8.97. The molecule has 25 heavy (non-hydrogen) atoms. The van der Waals surface area contributed by atoms with Crippen molar-refractivity contribution in [1.29, 1.82) is 0 Å². The summed E-state index contributed by atoms with van der Waals surface area (Å²) in [5.74, 6) is -0.761. The molecule has 1 atom stereocenters. The fourth-order valence-corrected chi connectivity index (χ4v) is 3.95. The second-order valence-corrected chi connectivity index (χ2v) is 7.12. The Balaban J connectivity index is 1.98. The summed E-state index contributed by atoms with van der Waals surface area (Å²) in [6.07, 6.45) is 5.20. The first-order chi connectivity index (χ1) is 12.0. The van der Waals surface area contributed by atoms with Crippen molar-refractivity contribution in [2.45, 2.75) is 44.4 Å². The van der Waals surface area contributed by atoms with Crippen LogP contribution < -0.4 is 0 Å². The normalized spacial score (nSPS) is 17.6. The van der Waals surface area contributed by atoms with Crippen LogP contribution in [0.1, 0.15) is 60.5 Å². The van der Waals surface area contributed by atoms with Gasteiger partial charge in [0, 0.05) is 11.1 Å². The third-order valence-electron chi connectivity index (χ3n) is 5.63. The Kier molecular flexibility index (Phi) is 5.03. The molecule has 0 heterocycles. The predicted molar refractivity (Wildman–Crippen MR) is 97.9 cm³/mol. The van der Waals surface area contributed by atoms with Crippen LogP contribution in [0, 0.1) is 5.92 Å². The topological polar surface area (TPSA) is 54.4 Å². The first-order valence-corrected chi connectivity index (χ1v) is 8.97. The molecule has 2 aromatic rings. The van der Waals surface area contributed by atoms with Gasteiger partial charge in [-0.15, -0.1) is 0 Å². The quantitative estimate of drug-likeness (QED) is 0.795. The molecule has 1 aliphatic carbocycles. The highest BCUT2D eigenvalue weighted by molar-refractivity contribution is 6.09. The van der Waals surface area contributed by atoms with E-state index in [0.29, 0.717) is 11.1 Å². The molecule has 1 fully saturated rings. The lowest BCUT2D eigenvalue weighted by Crippen LogP contribution is -2.41. The van der Waals surface area contributed by atoms with E-state index in [9.17, 15) is 14.7 Å². The van der Waals surface area contributed by atoms with E-state index >= 15 is 0 Å². The SMILES string of the molecule is CC(C(=O)O)(c1cccc(C(=O)c2ccccc2)c1)C1CCCCC1. The van der Waals surface area contributed by atoms with Crippen molar-refractivity contribution in [3.8, 4) is 0 Å². The Morgan fingerprint density at radius 2 is 1.56 bits per heavy atom. The summed E-state index contributed by atoms with van der Waals surface area (Å²) in [6, 6.07) is 16.3. The average Bonchev–Trinajstić information content (AvgIpc) is 2.68. The van der Waals surface area contributed by atoms with Gasteiger partial charge in [0.05, 0.1) is 5.41 Å². The van der Waals surface area contributed by atoms with Gasteiger partial charge in [-0.1, -0.05) is 67.8 Å². The van der Waals surface area contributed by atoms with Crippen molar-refractivity contribution in [2.75, 3.05) is 0 Å². The zero-order valence-electron chi connectivity index (χ0n) is 14.6. The Morgan fingerprint density at radius 1 is 0.920 bits per heavy atom. The summed E-state index contributed by atoms with van der Waals surface area (Å²) in [4.78, 5) is 24.9. The smallest absolute Gasteiger partial charge is 0.314 e. The highest BCUT2D eigenvalue weighted by atomic mass is 16.4. The Labute approximate surface area is 148 Å². The standard InChI is InChI=1S/C22H24O3/c1-22(21(24)25,18-12-6-3-7-13-18)19-14-8-11-17(15-19)20(23)16-9-4-2-5-10-16/h2,4-5,8-11,14-15,18H,3,6-7,12-13H2,1H3,(H,24,25). The minimum Gasteiger partial charge on any atom is -0.481 e. The number of carbonyl (C=O) groups excluding carboxylic acids is 1. The van der Waals surface area contributed by atoms with Gasteiger partial charge in [0.15, 0.2) is 5.78 Å². The molecule has 1 aliphatic rings. The number of hydrogen-bond acceptors (Lipinski definition) is 2. The van der Waals surface area contributed by atoms with Gasteiger partial charge in [0.25, 0.3) is 0 Å². The molecule has 1 unspecified atom stereocenters. The number of ketones is 1. The Bertz CT molecular complexity index is 760. The van der Waals surface area contributed by atoms with E-state index in [0.717, 1.165) is 31.2 Å². The molecule has 3 heteroatoms. The van der Waals surface area contributed by atoms with E-state index in [1.165, 1.54) is 6.42 Å². The first kappa shape index (κ1) is 17.4. The van der Waals surface area contributed by atoms with E-state index < -0.39 is 11.4 Å². The lowest BCUT2D eigenvalue weighted by molar-refractivity contribution is -0.146. The maximum Gasteiger partial charge on any atom is 0.314 e. The Hall–Kier alpha value is -2.42. The zero-order chi connectivity index (χ0) is 17.9. The van der Waals surface area contributed by atoms with Crippen LogP contribution in [0.3, 0.4) is 0 Å². The average molecular weight is 336 g/mol. The number of carboxylic acids is 1. The molecule has 3 rings (SSSR count). The van der Waals surface area contributed by atoms with Crippen LogP contribution in [0.4, 0.5) is 0 Å². The van der Waals surface area contributed by atoms with Crippen LogP contribution in [0.15, 0.2) is 54.6 Å². The van der Waals surface area contributed by atoms with Crippen molar-refractivity contribution in [2.24, 2.45) is 5.92 Å². The van der Waals surface area contributed by atoms with Gasteiger partial charge < -0.3 is 5.11 Å². The van der Waals surface area contributed by atoms with Crippen LogP contribution in [0.25, 0.3) is 0 Å². The minimum atomic E-state index is -0.951. The molecule has 0 aromatic heterocycles. The van der Waals surface area contributed by atoms with E-state index in [4.69, 9.17) is 0 Å². The summed E-state index contributed by atoms with van der Waals surface area (Å²) in [5.41, 5.74) is 0.947. The van der Waals surface area contributed by atoms with Gasteiger partial charge in [0.1, 0.15) is 0 Å². The molecule has 0 radical (unpaired) electrons. The van der Waals surface area contributed by atoms with Crippen LogP contribution in [-0.4, -0.2) is 16.9 Å². The fourth-order valence-electron chi connectivity index (χ4n) is 3.95. The number of carboxylic acid groups (broad SMARTS) is 1. The molecular formula is C22H24O3. The molecule has 2 aromatic carbocycles. The molecule has 1 N–H and O–H groups in total. The van der Waals surface area contributed by atoms with Gasteiger partial charge in [-0.2, -0.15) is 0 Å². The summed E-state index contributed by atoms with van der Waals surface area (Å²) in [7, 11) is 0. The lowest BCUT2D eigenvalue weighted by atomic mass is 9.66. The third kappa shape index (κ3) is 3.37. The van der Waals surface area contributed by atoms with Crippen LogP contribution in [0.5, 0.6) is 0 Å². The van der Waals surface area contributed by atoms with Crippen molar-refractivity contribution < 1.29 is 14.7 Å². The van der Waals surface area contributed by atoms with Crippen molar-refractivity contribution >= 4 is 11.8 Å². The number of aliphatic carboxylic acids is 1. The number of carbonyl (C=O) groups is 2. The molecule has 0 saturated heterocycles. The molecule has 0 bridgehead atoms. The molecule has 3 nitrogen and oxygen atoms in total. The molecule has 1 saturated carbocycles. The number of benzene rings is 2. The predicted octanol–water partition coefficient (Wildman–Crippen LogP) is 4.84. The molecule has 0 aliphatic heterocycles. The minimum absolute atomic E-state index is 0.0705. The van der Waals surface area contributed by atoms with E-state index in [2.05, 4.69) is 0 Å². The van der Waals surface area contributed by atoms with Crippen molar-refractivity contribution in [3.63, 3.8) is 0 Å². The monoisotopic (exact) mass is 336 g/mol. The summed E-state index contributed by atoms with van der Waals surface area (Å²) < 4.78 is 0. The maximum atomic E-state index is 12.7. The third-order valence-corrected chi connectivity index (χ3v) is 5.63. The van der Waals surface area contributed by atoms with Gasteiger partial charge in [-0.25, -0.2) is 0 Å². The van der Waals surface area contributed by atoms with E-state index in [1.54, 1.807) is 30.3 Å². The molecular weight excluding hydrogens is 312 g/mol. The number of hydrogen-bond donors (Lipinski definition) is 1. The highest BCUT2D eigenvalue weighted by Gasteiger charge is 2.43. The van der Waals surface area contributed by atoms with E-state index in [1.807, 2.05) is 31.2 Å². The largest absolute Gasteiger partial charge is 0.481 e. The van der Waals surface area contributed by atoms with E-state index in [-0.39, 0.29) is 11.7 Å². The molecule has 0 amide bonds. The molecule has 0 spiro atoms. The van der Waals surface area contributed by atoms with Gasteiger partial charge in [-0.05, 0) is 37.3 Å². The van der Waals surface area contributed by atoms with Crippen molar-refractivity contribution in [1.82, 2.24) is 0 Å². The van der Waals surface area contributed by atoms with Crippen LogP contribution in [-0.2, 0) is 10.2 Å². The Morgan fingerprint density at radius 3 is 2.20 bits per heavy atom.